The van der Waals surface area contributed by atoms with E-state index in [0.717, 1.165) is 25.0 Å². The third-order valence-electron chi connectivity index (χ3n) is 3.48. The normalized spacial score (nSPS) is 18.0. The molecule has 1 aromatic carbocycles. The molecule has 0 radical (unpaired) electrons. The van der Waals surface area contributed by atoms with E-state index in [9.17, 15) is 4.79 Å². The summed E-state index contributed by atoms with van der Waals surface area (Å²) in [6.45, 7) is 0.154. The van der Waals surface area contributed by atoms with E-state index in [1.54, 1.807) is 7.11 Å². The number of aryl methyl sites for hydroxylation is 1. The SMILES string of the molecule is COc1ccc2c(c1)CCC[C@@H]2CNC(=O)CO. The molecule has 0 saturated heterocycles. The maximum Gasteiger partial charge on any atom is 0.245 e. The molecule has 0 spiro atoms. The van der Waals surface area contributed by atoms with E-state index in [1.807, 2.05) is 6.07 Å². The number of fused-ring (bicyclic) bond motifs is 1. The van der Waals surface area contributed by atoms with E-state index in [2.05, 4.69) is 17.4 Å². The molecule has 1 atom stereocenters. The maximum atomic E-state index is 11.1. The van der Waals surface area contributed by atoms with Gasteiger partial charge in [0.05, 0.1) is 7.11 Å². The minimum absolute atomic E-state index is 0.310. The number of hydrogen-bond acceptors (Lipinski definition) is 3. The Bertz CT molecular complexity index is 431. The van der Waals surface area contributed by atoms with Gasteiger partial charge in [0.2, 0.25) is 5.91 Å². The molecule has 1 aliphatic rings. The number of benzene rings is 1. The summed E-state index contributed by atoms with van der Waals surface area (Å²) in [7, 11) is 1.67. The van der Waals surface area contributed by atoms with Crippen LogP contribution >= 0.6 is 0 Å². The van der Waals surface area contributed by atoms with Crippen LogP contribution in [0.4, 0.5) is 0 Å². The highest BCUT2D eigenvalue weighted by atomic mass is 16.5. The van der Waals surface area contributed by atoms with Gasteiger partial charge in [-0.2, -0.15) is 0 Å². The lowest BCUT2D eigenvalue weighted by atomic mass is 9.82. The van der Waals surface area contributed by atoms with Crippen LogP contribution in [0.15, 0.2) is 18.2 Å². The van der Waals surface area contributed by atoms with Crippen LogP contribution in [0.2, 0.25) is 0 Å². The molecule has 4 nitrogen and oxygen atoms in total. The third kappa shape index (κ3) is 2.82. The molecule has 1 aliphatic carbocycles. The second-order valence-electron chi connectivity index (χ2n) is 4.62. The lowest BCUT2D eigenvalue weighted by molar-refractivity contribution is -0.123. The first-order valence-electron chi connectivity index (χ1n) is 6.29. The van der Waals surface area contributed by atoms with Crippen molar-refractivity contribution in [3.05, 3.63) is 29.3 Å². The van der Waals surface area contributed by atoms with Crippen LogP contribution in [0, 0.1) is 0 Å². The lowest BCUT2D eigenvalue weighted by Crippen LogP contribution is -2.31. The van der Waals surface area contributed by atoms with E-state index in [-0.39, 0.29) is 5.91 Å². The zero-order chi connectivity index (χ0) is 13.0. The summed E-state index contributed by atoms with van der Waals surface area (Å²) in [5.74, 6) is 0.916. The molecule has 0 aliphatic heterocycles. The number of rotatable bonds is 4. The summed E-state index contributed by atoms with van der Waals surface area (Å²) in [5.41, 5.74) is 2.60. The highest BCUT2D eigenvalue weighted by Crippen LogP contribution is 2.33. The quantitative estimate of drug-likeness (QED) is 0.843. The van der Waals surface area contributed by atoms with Gasteiger partial charge in [0, 0.05) is 12.5 Å². The lowest BCUT2D eigenvalue weighted by Gasteiger charge is -2.26. The summed E-state index contributed by atoms with van der Waals surface area (Å²) in [4.78, 5) is 11.1. The molecule has 98 valence electrons. The number of aliphatic hydroxyl groups is 1. The second-order valence-corrected chi connectivity index (χ2v) is 4.62. The summed E-state index contributed by atoms with van der Waals surface area (Å²) in [6, 6.07) is 6.13. The van der Waals surface area contributed by atoms with Gasteiger partial charge in [-0.1, -0.05) is 6.07 Å². The van der Waals surface area contributed by atoms with Crippen molar-refractivity contribution < 1.29 is 14.6 Å². The summed E-state index contributed by atoms with van der Waals surface area (Å²) >= 11 is 0. The summed E-state index contributed by atoms with van der Waals surface area (Å²) < 4.78 is 5.23. The number of nitrogens with one attached hydrogen (secondary N) is 1. The Kier molecular flexibility index (Phi) is 4.20. The van der Waals surface area contributed by atoms with Gasteiger partial charge in [0.15, 0.2) is 0 Å². The molecule has 0 unspecified atom stereocenters. The average Bonchev–Trinajstić information content (AvgIpc) is 2.43. The van der Waals surface area contributed by atoms with Gasteiger partial charge in [-0.25, -0.2) is 0 Å². The number of aliphatic hydroxyl groups excluding tert-OH is 1. The van der Waals surface area contributed by atoms with Crippen molar-refractivity contribution in [2.75, 3.05) is 20.3 Å². The van der Waals surface area contributed by atoms with Gasteiger partial charge in [-0.05, 0) is 42.5 Å². The molecule has 1 amide bonds. The molecular weight excluding hydrogens is 230 g/mol. The zero-order valence-electron chi connectivity index (χ0n) is 10.6. The van der Waals surface area contributed by atoms with Crippen LogP contribution in [-0.4, -0.2) is 31.3 Å². The smallest absolute Gasteiger partial charge is 0.245 e. The van der Waals surface area contributed by atoms with Crippen molar-refractivity contribution >= 4 is 5.91 Å². The summed E-state index contributed by atoms with van der Waals surface area (Å²) in [6.07, 6.45) is 3.27. The van der Waals surface area contributed by atoms with Gasteiger partial charge in [-0.3, -0.25) is 4.79 Å². The Morgan fingerprint density at radius 2 is 2.39 bits per heavy atom. The third-order valence-corrected chi connectivity index (χ3v) is 3.48. The van der Waals surface area contributed by atoms with Gasteiger partial charge < -0.3 is 15.2 Å². The molecule has 0 fully saturated rings. The Balaban J connectivity index is 2.10. The first kappa shape index (κ1) is 12.9. The number of ether oxygens (including phenoxy) is 1. The summed E-state index contributed by atoms with van der Waals surface area (Å²) in [5, 5.41) is 11.5. The maximum absolute atomic E-state index is 11.1. The fourth-order valence-electron chi connectivity index (χ4n) is 2.52. The van der Waals surface area contributed by atoms with Crippen LogP contribution in [0.1, 0.15) is 29.9 Å². The van der Waals surface area contributed by atoms with E-state index in [1.165, 1.54) is 11.1 Å². The van der Waals surface area contributed by atoms with Crippen molar-refractivity contribution in [3.8, 4) is 5.75 Å². The number of carbonyl (C=O) groups is 1. The van der Waals surface area contributed by atoms with E-state index >= 15 is 0 Å². The van der Waals surface area contributed by atoms with Gasteiger partial charge >= 0.3 is 0 Å². The van der Waals surface area contributed by atoms with E-state index < -0.39 is 6.61 Å². The molecule has 0 bridgehead atoms. The van der Waals surface area contributed by atoms with E-state index in [4.69, 9.17) is 9.84 Å². The van der Waals surface area contributed by atoms with Crippen molar-refractivity contribution in [1.82, 2.24) is 5.32 Å². The molecule has 18 heavy (non-hydrogen) atoms. The molecule has 2 rings (SSSR count). The van der Waals surface area contributed by atoms with Gasteiger partial charge in [0.1, 0.15) is 12.4 Å². The zero-order valence-corrected chi connectivity index (χ0v) is 10.6. The second kappa shape index (κ2) is 5.87. The van der Waals surface area contributed by atoms with E-state index in [0.29, 0.717) is 12.5 Å². The van der Waals surface area contributed by atoms with Crippen LogP contribution in [0.5, 0.6) is 5.75 Å². The van der Waals surface area contributed by atoms with Crippen LogP contribution in [0.3, 0.4) is 0 Å². The van der Waals surface area contributed by atoms with Crippen LogP contribution < -0.4 is 10.1 Å². The largest absolute Gasteiger partial charge is 0.497 e. The molecule has 0 heterocycles. The standard InChI is InChI=1S/C14H19NO3/c1-18-12-5-6-13-10(7-12)3-2-4-11(13)8-15-14(17)9-16/h5-7,11,16H,2-4,8-9H2,1H3,(H,15,17)/t11-/m1/s1. The molecule has 4 heteroatoms. The molecule has 1 aromatic rings. The number of hydrogen-bond donors (Lipinski definition) is 2. The van der Waals surface area contributed by atoms with Crippen LogP contribution in [-0.2, 0) is 11.2 Å². The minimum atomic E-state index is -0.442. The van der Waals surface area contributed by atoms with Gasteiger partial charge in [0.25, 0.3) is 0 Å². The Labute approximate surface area is 107 Å². The highest BCUT2D eigenvalue weighted by molar-refractivity contribution is 5.76. The average molecular weight is 249 g/mol. The molecule has 0 saturated carbocycles. The monoisotopic (exact) mass is 249 g/mol. The topological polar surface area (TPSA) is 58.6 Å². The van der Waals surface area contributed by atoms with Crippen molar-refractivity contribution in [2.45, 2.75) is 25.2 Å². The molecular formula is C14H19NO3. The highest BCUT2D eigenvalue weighted by Gasteiger charge is 2.20. The van der Waals surface area contributed by atoms with Crippen molar-refractivity contribution in [3.63, 3.8) is 0 Å². The Morgan fingerprint density at radius 1 is 1.56 bits per heavy atom. The first-order valence-corrected chi connectivity index (χ1v) is 6.29. The Hall–Kier alpha value is -1.55. The fourth-order valence-corrected chi connectivity index (χ4v) is 2.52. The first-order chi connectivity index (χ1) is 8.74. The molecule has 2 N–H and O–H groups in total. The van der Waals surface area contributed by atoms with Gasteiger partial charge in [-0.15, -0.1) is 0 Å². The fraction of sp³-hybridized carbons (Fsp3) is 0.500. The molecule has 0 aromatic heterocycles. The Morgan fingerprint density at radius 3 is 3.11 bits per heavy atom. The number of carbonyl (C=O) groups excluding carboxylic acids is 1. The predicted molar refractivity (Wildman–Crippen MR) is 68.8 cm³/mol. The van der Waals surface area contributed by atoms with Crippen LogP contribution in [0.25, 0.3) is 0 Å². The number of amides is 1. The van der Waals surface area contributed by atoms with Crippen molar-refractivity contribution in [1.29, 1.82) is 0 Å². The minimum Gasteiger partial charge on any atom is -0.497 e. The number of methoxy groups -OCH3 is 1. The predicted octanol–water partition coefficient (Wildman–Crippen LogP) is 1.22. The van der Waals surface area contributed by atoms with Crippen molar-refractivity contribution in [2.24, 2.45) is 0 Å².